The Hall–Kier alpha value is -1.06. The molecule has 0 saturated heterocycles. The number of halogens is 4. The molecule has 0 N–H and O–H groups in total. The SMILES string of the molecule is CC[CH]c1ccc(F)c(C(F)(F)F)c1. The molecule has 4 heteroatoms. The molecule has 0 aliphatic rings. The van der Waals surface area contributed by atoms with Crippen molar-refractivity contribution in [1.29, 1.82) is 0 Å². The highest BCUT2D eigenvalue weighted by molar-refractivity contribution is 5.31. The Bertz CT molecular complexity index is 314. The third-order valence-electron chi connectivity index (χ3n) is 1.74. The lowest BCUT2D eigenvalue weighted by Crippen LogP contribution is -2.08. The Morgan fingerprint density at radius 2 is 1.93 bits per heavy atom. The molecule has 14 heavy (non-hydrogen) atoms. The van der Waals surface area contributed by atoms with E-state index < -0.39 is 17.6 Å². The van der Waals surface area contributed by atoms with Crippen LogP contribution in [0.4, 0.5) is 17.6 Å². The van der Waals surface area contributed by atoms with Crippen LogP contribution < -0.4 is 0 Å². The lowest BCUT2D eigenvalue weighted by molar-refractivity contribution is -0.140. The van der Waals surface area contributed by atoms with Crippen LogP contribution in [0.25, 0.3) is 0 Å². The van der Waals surface area contributed by atoms with Crippen molar-refractivity contribution in [3.8, 4) is 0 Å². The standard InChI is InChI=1S/C10H9F4/c1-2-3-7-4-5-9(11)8(6-7)10(12,13)14/h3-6H,2H2,1H3. The highest BCUT2D eigenvalue weighted by Gasteiger charge is 2.33. The second kappa shape index (κ2) is 3.98. The molecule has 1 radical (unpaired) electrons. The predicted octanol–water partition coefficient (Wildman–Crippen LogP) is 3.81. The van der Waals surface area contributed by atoms with Crippen molar-refractivity contribution in [1.82, 2.24) is 0 Å². The lowest BCUT2D eigenvalue weighted by Gasteiger charge is -2.09. The van der Waals surface area contributed by atoms with Gasteiger partial charge in [0.25, 0.3) is 0 Å². The van der Waals surface area contributed by atoms with E-state index in [4.69, 9.17) is 0 Å². The van der Waals surface area contributed by atoms with Crippen LogP contribution in [-0.2, 0) is 6.18 Å². The smallest absolute Gasteiger partial charge is 0.206 e. The largest absolute Gasteiger partial charge is 0.419 e. The van der Waals surface area contributed by atoms with Gasteiger partial charge in [0.1, 0.15) is 5.82 Å². The molecule has 0 aliphatic heterocycles. The molecular formula is C10H9F4. The third kappa shape index (κ3) is 2.47. The second-order valence-electron chi connectivity index (χ2n) is 2.85. The van der Waals surface area contributed by atoms with Crippen LogP contribution in [-0.4, -0.2) is 0 Å². The van der Waals surface area contributed by atoms with Crippen LogP contribution in [0.1, 0.15) is 24.5 Å². The van der Waals surface area contributed by atoms with Gasteiger partial charge in [-0.15, -0.1) is 0 Å². The van der Waals surface area contributed by atoms with Gasteiger partial charge < -0.3 is 0 Å². The second-order valence-corrected chi connectivity index (χ2v) is 2.85. The summed E-state index contributed by atoms with van der Waals surface area (Å²) < 4.78 is 49.4. The molecule has 0 aliphatic carbocycles. The van der Waals surface area contributed by atoms with Gasteiger partial charge in [0.05, 0.1) is 5.56 Å². The van der Waals surface area contributed by atoms with Crippen molar-refractivity contribution in [3.63, 3.8) is 0 Å². The Balaban J connectivity index is 3.09. The minimum Gasteiger partial charge on any atom is -0.206 e. The zero-order valence-electron chi connectivity index (χ0n) is 7.53. The van der Waals surface area contributed by atoms with E-state index in [1.54, 1.807) is 13.3 Å². The quantitative estimate of drug-likeness (QED) is 0.644. The summed E-state index contributed by atoms with van der Waals surface area (Å²) in [5.74, 6) is -1.23. The molecule has 0 aromatic heterocycles. The van der Waals surface area contributed by atoms with Crippen molar-refractivity contribution < 1.29 is 17.6 Å². The molecule has 0 fully saturated rings. The molecule has 0 unspecified atom stereocenters. The molecule has 0 atom stereocenters. The van der Waals surface area contributed by atoms with E-state index in [-0.39, 0.29) is 0 Å². The van der Waals surface area contributed by atoms with E-state index in [0.29, 0.717) is 12.0 Å². The monoisotopic (exact) mass is 205 g/mol. The van der Waals surface area contributed by atoms with Crippen molar-refractivity contribution in [3.05, 3.63) is 41.6 Å². The van der Waals surface area contributed by atoms with Gasteiger partial charge >= 0.3 is 6.18 Å². The fourth-order valence-electron chi connectivity index (χ4n) is 1.12. The first-order valence-electron chi connectivity index (χ1n) is 4.15. The Morgan fingerprint density at radius 1 is 1.29 bits per heavy atom. The molecule has 1 aromatic carbocycles. The van der Waals surface area contributed by atoms with Crippen LogP contribution in [0, 0.1) is 12.2 Å². The number of hydrogen-bond acceptors (Lipinski definition) is 0. The van der Waals surface area contributed by atoms with E-state index in [1.807, 2.05) is 0 Å². The number of benzene rings is 1. The Morgan fingerprint density at radius 3 is 2.43 bits per heavy atom. The van der Waals surface area contributed by atoms with Crippen LogP contribution in [0.2, 0.25) is 0 Å². The summed E-state index contributed by atoms with van der Waals surface area (Å²) in [7, 11) is 0. The number of alkyl halides is 3. The highest BCUT2D eigenvalue weighted by atomic mass is 19.4. The van der Waals surface area contributed by atoms with Crippen molar-refractivity contribution >= 4 is 0 Å². The van der Waals surface area contributed by atoms with Crippen LogP contribution in [0.3, 0.4) is 0 Å². The topological polar surface area (TPSA) is 0 Å². The lowest BCUT2D eigenvalue weighted by atomic mass is 10.1. The number of hydrogen-bond donors (Lipinski definition) is 0. The summed E-state index contributed by atoms with van der Waals surface area (Å²) >= 11 is 0. The fourth-order valence-corrected chi connectivity index (χ4v) is 1.12. The maximum atomic E-state index is 12.8. The predicted molar refractivity (Wildman–Crippen MR) is 45.1 cm³/mol. The molecule has 0 amide bonds. The Kier molecular flexibility index (Phi) is 3.13. The first-order valence-corrected chi connectivity index (χ1v) is 4.15. The first kappa shape index (κ1) is 11.0. The fraction of sp³-hybridized carbons (Fsp3) is 0.300. The van der Waals surface area contributed by atoms with Crippen molar-refractivity contribution in [2.45, 2.75) is 19.5 Å². The summed E-state index contributed by atoms with van der Waals surface area (Å²) in [4.78, 5) is 0. The summed E-state index contributed by atoms with van der Waals surface area (Å²) in [5.41, 5.74) is -0.819. The van der Waals surface area contributed by atoms with Crippen LogP contribution in [0.5, 0.6) is 0 Å². The maximum absolute atomic E-state index is 12.8. The highest BCUT2D eigenvalue weighted by Crippen LogP contribution is 2.32. The van der Waals surface area contributed by atoms with Gasteiger partial charge in [0.2, 0.25) is 0 Å². The molecular weight excluding hydrogens is 196 g/mol. The summed E-state index contributed by atoms with van der Waals surface area (Å²) in [6.07, 6.45) is -2.40. The van der Waals surface area contributed by atoms with Gasteiger partial charge in [0.15, 0.2) is 0 Å². The molecule has 1 rings (SSSR count). The molecule has 0 saturated carbocycles. The minimum absolute atomic E-state index is 0.390. The zero-order valence-corrected chi connectivity index (χ0v) is 7.53. The molecule has 1 aromatic rings. The molecule has 0 bridgehead atoms. The maximum Gasteiger partial charge on any atom is 0.419 e. The van der Waals surface area contributed by atoms with Gasteiger partial charge in [-0.05, 0) is 30.5 Å². The summed E-state index contributed by atoms with van der Waals surface area (Å²) in [6.45, 7) is 1.80. The summed E-state index contributed by atoms with van der Waals surface area (Å²) in [5, 5.41) is 0. The van der Waals surface area contributed by atoms with E-state index in [2.05, 4.69) is 0 Å². The molecule has 0 nitrogen and oxygen atoms in total. The van der Waals surface area contributed by atoms with Gasteiger partial charge in [-0.2, -0.15) is 13.2 Å². The number of rotatable bonds is 2. The van der Waals surface area contributed by atoms with E-state index in [0.717, 1.165) is 12.1 Å². The zero-order chi connectivity index (χ0) is 10.8. The van der Waals surface area contributed by atoms with Crippen molar-refractivity contribution in [2.24, 2.45) is 0 Å². The molecule has 0 heterocycles. The summed E-state index contributed by atoms with van der Waals surface area (Å²) in [6, 6.07) is 2.98. The molecule has 77 valence electrons. The van der Waals surface area contributed by atoms with Gasteiger partial charge in [-0.1, -0.05) is 13.0 Å². The minimum atomic E-state index is -4.62. The van der Waals surface area contributed by atoms with Crippen LogP contribution in [0.15, 0.2) is 18.2 Å². The van der Waals surface area contributed by atoms with Gasteiger partial charge in [0, 0.05) is 0 Å². The van der Waals surface area contributed by atoms with E-state index in [1.165, 1.54) is 6.07 Å². The average molecular weight is 205 g/mol. The van der Waals surface area contributed by atoms with E-state index >= 15 is 0 Å². The van der Waals surface area contributed by atoms with Gasteiger partial charge in [-0.25, -0.2) is 4.39 Å². The first-order chi connectivity index (χ1) is 6.45. The normalized spacial score (nSPS) is 11.8. The third-order valence-corrected chi connectivity index (χ3v) is 1.74. The Labute approximate surface area is 79.6 Å². The van der Waals surface area contributed by atoms with Crippen molar-refractivity contribution in [2.75, 3.05) is 0 Å². The van der Waals surface area contributed by atoms with E-state index in [9.17, 15) is 17.6 Å². The van der Waals surface area contributed by atoms with Gasteiger partial charge in [-0.3, -0.25) is 0 Å². The molecule has 0 spiro atoms. The van der Waals surface area contributed by atoms with Crippen LogP contribution >= 0.6 is 0 Å². The average Bonchev–Trinajstić information content (AvgIpc) is 2.07.